The summed E-state index contributed by atoms with van der Waals surface area (Å²) in [6.07, 6.45) is 0. The molecule has 2 rings (SSSR count). The summed E-state index contributed by atoms with van der Waals surface area (Å²) in [6, 6.07) is 12.9. The first kappa shape index (κ1) is 21.6. The molecule has 150 valence electrons. The van der Waals surface area contributed by atoms with E-state index in [9.17, 15) is 4.79 Å². The van der Waals surface area contributed by atoms with Gasteiger partial charge in [0.25, 0.3) is 5.91 Å². The van der Waals surface area contributed by atoms with Crippen molar-refractivity contribution < 1.29 is 14.3 Å². The Morgan fingerprint density at radius 2 is 1.82 bits per heavy atom. The van der Waals surface area contributed by atoms with Crippen molar-refractivity contribution in [2.24, 2.45) is 4.99 Å². The molecule has 0 aliphatic heterocycles. The van der Waals surface area contributed by atoms with E-state index in [-0.39, 0.29) is 5.91 Å². The number of methoxy groups -OCH3 is 2. The molecule has 0 aliphatic rings. The largest absolute Gasteiger partial charge is 0.497 e. The highest BCUT2D eigenvalue weighted by molar-refractivity contribution is 9.10. The first-order chi connectivity index (χ1) is 13.6. The smallest absolute Gasteiger partial charge is 0.251 e. The normalized spacial score (nSPS) is 10.9. The molecule has 2 aromatic rings. The van der Waals surface area contributed by atoms with Gasteiger partial charge in [0.1, 0.15) is 11.5 Å². The molecule has 3 N–H and O–H groups in total. The summed E-state index contributed by atoms with van der Waals surface area (Å²) in [4.78, 5) is 16.3. The fraction of sp³-hybridized carbons (Fsp3) is 0.300. The van der Waals surface area contributed by atoms with Crippen LogP contribution in [0.2, 0.25) is 0 Å². The maximum absolute atomic E-state index is 12.1. The van der Waals surface area contributed by atoms with Gasteiger partial charge in [-0.05, 0) is 30.3 Å². The fourth-order valence-electron chi connectivity index (χ4n) is 2.49. The van der Waals surface area contributed by atoms with Gasteiger partial charge in [-0.2, -0.15) is 0 Å². The Hall–Kier alpha value is -2.74. The maximum Gasteiger partial charge on any atom is 0.251 e. The molecule has 0 aliphatic carbocycles. The zero-order valence-electron chi connectivity index (χ0n) is 16.2. The standard InChI is InChI=1S/C20H25BrN4O3/c1-22-20(25-13-15-7-8-17(27-2)12-18(15)28-3)24-10-9-23-19(26)14-5-4-6-16(21)11-14/h4-8,11-12H,9-10,13H2,1-3H3,(H,23,26)(H2,22,24,25). The number of amides is 1. The number of nitrogens with one attached hydrogen (secondary N) is 3. The van der Waals surface area contributed by atoms with Gasteiger partial charge in [0, 0.05) is 48.3 Å². The third-order valence-electron chi connectivity index (χ3n) is 3.95. The van der Waals surface area contributed by atoms with Gasteiger partial charge < -0.3 is 25.4 Å². The second kappa shape index (κ2) is 11.2. The molecule has 0 fully saturated rings. The molecule has 0 atom stereocenters. The average Bonchev–Trinajstić information content (AvgIpc) is 2.72. The van der Waals surface area contributed by atoms with Crippen molar-refractivity contribution in [3.05, 3.63) is 58.1 Å². The Labute approximate surface area is 173 Å². The Morgan fingerprint density at radius 3 is 2.50 bits per heavy atom. The summed E-state index contributed by atoms with van der Waals surface area (Å²) in [7, 11) is 4.94. The van der Waals surface area contributed by atoms with Crippen LogP contribution in [-0.4, -0.2) is 46.2 Å². The number of carbonyl (C=O) groups excluding carboxylic acids is 1. The number of ether oxygens (including phenoxy) is 2. The molecular formula is C20H25BrN4O3. The highest BCUT2D eigenvalue weighted by atomic mass is 79.9. The van der Waals surface area contributed by atoms with Crippen LogP contribution >= 0.6 is 15.9 Å². The van der Waals surface area contributed by atoms with Crippen molar-refractivity contribution in [2.45, 2.75) is 6.54 Å². The molecule has 7 nitrogen and oxygen atoms in total. The van der Waals surface area contributed by atoms with E-state index >= 15 is 0 Å². The van der Waals surface area contributed by atoms with Crippen molar-refractivity contribution in [1.29, 1.82) is 0 Å². The van der Waals surface area contributed by atoms with Crippen LogP contribution in [0.3, 0.4) is 0 Å². The number of hydrogen-bond donors (Lipinski definition) is 3. The third-order valence-corrected chi connectivity index (χ3v) is 4.45. The summed E-state index contributed by atoms with van der Waals surface area (Å²) >= 11 is 3.36. The number of aliphatic imine (C=N–C) groups is 1. The van der Waals surface area contributed by atoms with Crippen LogP contribution < -0.4 is 25.4 Å². The van der Waals surface area contributed by atoms with Crippen LogP contribution in [0, 0.1) is 0 Å². The maximum atomic E-state index is 12.1. The second-order valence-corrected chi connectivity index (χ2v) is 6.71. The molecule has 0 aromatic heterocycles. The van der Waals surface area contributed by atoms with E-state index in [0.29, 0.717) is 31.2 Å². The lowest BCUT2D eigenvalue weighted by Gasteiger charge is -2.14. The predicted octanol–water partition coefficient (Wildman–Crippen LogP) is 2.56. The van der Waals surface area contributed by atoms with Gasteiger partial charge in [0.15, 0.2) is 5.96 Å². The van der Waals surface area contributed by atoms with Gasteiger partial charge in [0.05, 0.1) is 14.2 Å². The molecule has 0 saturated heterocycles. The summed E-state index contributed by atoms with van der Waals surface area (Å²) in [6.45, 7) is 1.55. The Morgan fingerprint density at radius 1 is 1.04 bits per heavy atom. The molecule has 0 spiro atoms. The van der Waals surface area contributed by atoms with Crippen molar-refractivity contribution >= 4 is 27.8 Å². The van der Waals surface area contributed by atoms with Crippen molar-refractivity contribution in [3.63, 3.8) is 0 Å². The van der Waals surface area contributed by atoms with Gasteiger partial charge in [-0.3, -0.25) is 9.79 Å². The van der Waals surface area contributed by atoms with E-state index in [4.69, 9.17) is 9.47 Å². The van der Waals surface area contributed by atoms with E-state index in [1.165, 1.54) is 0 Å². The van der Waals surface area contributed by atoms with E-state index in [1.54, 1.807) is 33.4 Å². The molecule has 0 bridgehead atoms. The molecule has 0 heterocycles. The summed E-state index contributed by atoms with van der Waals surface area (Å²) in [5.41, 5.74) is 1.60. The number of guanidine groups is 1. The van der Waals surface area contributed by atoms with Crippen LogP contribution in [0.5, 0.6) is 11.5 Å². The van der Waals surface area contributed by atoms with E-state index in [0.717, 1.165) is 21.5 Å². The molecule has 2 aromatic carbocycles. The topological polar surface area (TPSA) is 84.0 Å². The first-order valence-electron chi connectivity index (χ1n) is 8.76. The SMILES string of the molecule is CN=C(NCCNC(=O)c1cccc(Br)c1)NCc1ccc(OC)cc1OC. The predicted molar refractivity (Wildman–Crippen MR) is 114 cm³/mol. The van der Waals surface area contributed by atoms with E-state index < -0.39 is 0 Å². The summed E-state index contributed by atoms with van der Waals surface area (Å²) in [5, 5.41) is 9.26. The Balaban J connectivity index is 1.78. The van der Waals surface area contributed by atoms with Crippen LogP contribution in [0.1, 0.15) is 15.9 Å². The van der Waals surface area contributed by atoms with Crippen LogP contribution in [0.4, 0.5) is 0 Å². The van der Waals surface area contributed by atoms with Crippen molar-refractivity contribution in [2.75, 3.05) is 34.4 Å². The minimum atomic E-state index is -0.117. The van der Waals surface area contributed by atoms with Crippen LogP contribution in [-0.2, 0) is 6.54 Å². The van der Waals surface area contributed by atoms with Crippen LogP contribution in [0.25, 0.3) is 0 Å². The van der Waals surface area contributed by atoms with Crippen molar-refractivity contribution in [3.8, 4) is 11.5 Å². The summed E-state index contributed by atoms with van der Waals surface area (Å²) in [5.74, 6) is 2.00. The molecule has 0 unspecified atom stereocenters. The summed E-state index contributed by atoms with van der Waals surface area (Å²) < 4.78 is 11.5. The lowest BCUT2D eigenvalue weighted by molar-refractivity contribution is 0.0954. The minimum absolute atomic E-state index is 0.117. The molecule has 1 amide bonds. The minimum Gasteiger partial charge on any atom is -0.497 e. The monoisotopic (exact) mass is 448 g/mol. The number of benzene rings is 2. The second-order valence-electron chi connectivity index (χ2n) is 5.80. The van der Waals surface area contributed by atoms with Crippen LogP contribution in [0.15, 0.2) is 51.9 Å². The quantitative estimate of drug-likeness (QED) is 0.328. The molecule has 0 radical (unpaired) electrons. The average molecular weight is 449 g/mol. The van der Waals surface area contributed by atoms with Gasteiger partial charge in [-0.15, -0.1) is 0 Å². The van der Waals surface area contributed by atoms with E-state index in [2.05, 4.69) is 36.9 Å². The lowest BCUT2D eigenvalue weighted by Crippen LogP contribution is -2.41. The highest BCUT2D eigenvalue weighted by Crippen LogP contribution is 2.24. The highest BCUT2D eigenvalue weighted by Gasteiger charge is 2.07. The fourth-order valence-corrected chi connectivity index (χ4v) is 2.89. The zero-order valence-corrected chi connectivity index (χ0v) is 17.8. The van der Waals surface area contributed by atoms with Gasteiger partial charge in [-0.1, -0.05) is 22.0 Å². The first-order valence-corrected chi connectivity index (χ1v) is 9.56. The van der Waals surface area contributed by atoms with E-state index in [1.807, 2.05) is 30.3 Å². The number of halogens is 1. The molecule has 8 heteroatoms. The molecule has 0 saturated carbocycles. The molecule has 28 heavy (non-hydrogen) atoms. The molecular weight excluding hydrogens is 424 g/mol. The number of carbonyl (C=O) groups is 1. The number of nitrogens with zero attached hydrogens (tertiary/aromatic N) is 1. The van der Waals surface area contributed by atoms with Gasteiger partial charge >= 0.3 is 0 Å². The zero-order chi connectivity index (χ0) is 20.4. The number of hydrogen-bond acceptors (Lipinski definition) is 4. The number of rotatable bonds is 8. The third kappa shape index (κ3) is 6.45. The Kier molecular flexibility index (Phi) is 8.61. The Bertz CT molecular complexity index is 827. The van der Waals surface area contributed by atoms with Gasteiger partial charge in [-0.25, -0.2) is 0 Å². The van der Waals surface area contributed by atoms with Crippen molar-refractivity contribution in [1.82, 2.24) is 16.0 Å². The lowest BCUT2D eigenvalue weighted by atomic mass is 10.2. The van der Waals surface area contributed by atoms with Gasteiger partial charge in [0.2, 0.25) is 0 Å².